The van der Waals surface area contributed by atoms with Gasteiger partial charge in [-0.25, -0.2) is 9.59 Å². The Bertz CT molecular complexity index is 1000. The first kappa shape index (κ1) is 29.7. The normalized spacial score (nSPS) is 16.4. The van der Waals surface area contributed by atoms with Gasteiger partial charge in [0, 0.05) is 6.42 Å². The fraction of sp³-hybridized carbons (Fsp3) is 0.440. The third-order valence-corrected chi connectivity index (χ3v) is 6.31. The molecule has 3 N–H and O–H groups in total. The molecule has 0 heterocycles. The predicted octanol–water partition coefficient (Wildman–Crippen LogP) is 3.64. The molecule has 0 bridgehead atoms. The van der Waals surface area contributed by atoms with Crippen LogP contribution >= 0.6 is 31.9 Å². The minimum atomic E-state index is -1.77. The van der Waals surface area contributed by atoms with Gasteiger partial charge in [-0.1, -0.05) is 44.2 Å². The number of carbonyl (C=O) groups excluding carboxylic acids is 4. The van der Waals surface area contributed by atoms with Crippen LogP contribution in [-0.2, 0) is 30.5 Å². The van der Waals surface area contributed by atoms with Crippen molar-refractivity contribution in [2.24, 2.45) is 5.92 Å². The molecule has 0 saturated heterocycles. The highest BCUT2D eigenvalue weighted by Crippen LogP contribution is 2.32. The molecule has 11 heteroatoms. The number of nitrogens with one attached hydrogen (secondary N) is 2. The number of allylic oxidation sites excluding steroid dienone is 2. The number of Topliss-reactive ketones (excluding diaryl/α,β-unsaturated/α-hetero) is 1. The van der Waals surface area contributed by atoms with Crippen molar-refractivity contribution in [2.75, 3.05) is 6.61 Å². The number of rotatable bonds is 11. The van der Waals surface area contributed by atoms with E-state index in [-0.39, 0.29) is 40.3 Å². The van der Waals surface area contributed by atoms with Crippen molar-refractivity contribution in [3.05, 3.63) is 57.0 Å². The number of amides is 2. The minimum Gasteiger partial charge on any atom is -0.464 e. The van der Waals surface area contributed by atoms with Crippen molar-refractivity contribution in [3.8, 4) is 0 Å². The number of halogens is 2. The van der Waals surface area contributed by atoms with Gasteiger partial charge in [0.15, 0.2) is 0 Å². The van der Waals surface area contributed by atoms with Crippen molar-refractivity contribution in [1.29, 1.82) is 0 Å². The van der Waals surface area contributed by atoms with Crippen molar-refractivity contribution < 1.29 is 33.8 Å². The third kappa shape index (κ3) is 9.18. The molecule has 1 aromatic rings. The lowest BCUT2D eigenvalue weighted by atomic mass is 9.89. The maximum Gasteiger partial charge on any atom is 0.408 e. The molecular weight excluding hydrogens is 600 g/mol. The summed E-state index contributed by atoms with van der Waals surface area (Å²) in [5.41, 5.74) is -1.02. The topological polar surface area (TPSA) is 131 Å². The molecule has 1 unspecified atom stereocenters. The van der Waals surface area contributed by atoms with Gasteiger partial charge < -0.3 is 25.2 Å². The second-order valence-electron chi connectivity index (χ2n) is 8.71. The largest absolute Gasteiger partial charge is 0.464 e. The smallest absolute Gasteiger partial charge is 0.408 e. The van der Waals surface area contributed by atoms with Gasteiger partial charge in [-0.3, -0.25) is 9.59 Å². The molecule has 1 aromatic carbocycles. The van der Waals surface area contributed by atoms with Crippen LogP contribution in [0.5, 0.6) is 0 Å². The molecule has 0 saturated carbocycles. The number of carbonyl (C=O) groups is 4. The Balaban J connectivity index is 2.24. The molecule has 2 rings (SSSR count). The van der Waals surface area contributed by atoms with E-state index in [0.29, 0.717) is 6.42 Å². The quantitative estimate of drug-likeness (QED) is 0.319. The first-order chi connectivity index (χ1) is 16.9. The van der Waals surface area contributed by atoms with Gasteiger partial charge in [-0.2, -0.15) is 0 Å². The first-order valence-electron chi connectivity index (χ1n) is 11.4. The Morgan fingerprint density at radius 3 is 2.17 bits per heavy atom. The van der Waals surface area contributed by atoms with E-state index in [1.165, 1.54) is 12.2 Å². The SMILES string of the molecule is CCOC(=O)[C@H](CC(C)C)NC(=O)C(CC1(O)C=C(Br)C(=O)C(Br)=C1)NC(=O)OCc1ccccc1. The van der Waals surface area contributed by atoms with E-state index in [1.807, 2.05) is 19.9 Å². The average Bonchev–Trinajstić information content (AvgIpc) is 2.80. The van der Waals surface area contributed by atoms with Crippen molar-refractivity contribution in [2.45, 2.75) is 57.9 Å². The van der Waals surface area contributed by atoms with Crippen LogP contribution in [0.15, 0.2) is 51.4 Å². The van der Waals surface area contributed by atoms with E-state index in [0.717, 1.165) is 5.56 Å². The molecule has 196 valence electrons. The van der Waals surface area contributed by atoms with Gasteiger partial charge in [0.2, 0.25) is 11.7 Å². The molecule has 0 aliphatic heterocycles. The second kappa shape index (κ2) is 13.7. The summed E-state index contributed by atoms with van der Waals surface area (Å²) in [7, 11) is 0. The lowest BCUT2D eigenvalue weighted by molar-refractivity contribution is -0.148. The number of hydrogen-bond acceptors (Lipinski definition) is 7. The van der Waals surface area contributed by atoms with Crippen LogP contribution in [0.1, 0.15) is 39.2 Å². The predicted molar refractivity (Wildman–Crippen MR) is 140 cm³/mol. The first-order valence-corrected chi connectivity index (χ1v) is 13.0. The van der Waals surface area contributed by atoms with E-state index in [2.05, 4.69) is 42.5 Å². The molecular formula is C25H30Br2N2O7. The highest BCUT2D eigenvalue weighted by molar-refractivity contribution is 9.13. The van der Waals surface area contributed by atoms with Crippen molar-refractivity contribution >= 4 is 55.6 Å². The molecule has 0 radical (unpaired) electrons. The average molecular weight is 630 g/mol. The Kier molecular flexibility index (Phi) is 11.3. The number of ketones is 1. The van der Waals surface area contributed by atoms with Gasteiger partial charge in [0.25, 0.3) is 0 Å². The van der Waals surface area contributed by atoms with Crippen LogP contribution < -0.4 is 10.6 Å². The molecule has 1 aliphatic rings. The maximum atomic E-state index is 13.3. The summed E-state index contributed by atoms with van der Waals surface area (Å²) in [4.78, 5) is 50.3. The molecule has 1 aliphatic carbocycles. The van der Waals surface area contributed by atoms with Crippen LogP contribution in [0.25, 0.3) is 0 Å². The third-order valence-electron chi connectivity index (χ3n) is 5.13. The number of benzene rings is 1. The van der Waals surface area contributed by atoms with Gasteiger partial charge in [-0.05, 0) is 68.8 Å². The van der Waals surface area contributed by atoms with E-state index in [4.69, 9.17) is 9.47 Å². The number of aliphatic hydroxyl groups is 1. The van der Waals surface area contributed by atoms with Crippen molar-refractivity contribution in [3.63, 3.8) is 0 Å². The zero-order valence-electron chi connectivity index (χ0n) is 20.3. The molecule has 0 fully saturated rings. The molecule has 2 amide bonds. The summed E-state index contributed by atoms with van der Waals surface area (Å²) in [5, 5.41) is 16.2. The van der Waals surface area contributed by atoms with Crippen LogP contribution in [0.3, 0.4) is 0 Å². The zero-order chi connectivity index (χ0) is 26.9. The Morgan fingerprint density at radius 1 is 1.00 bits per heavy atom. The van der Waals surface area contributed by atoms with Crippen LogP contribution in [-0.4, -0.2) is 53.2 Å². The van der Waals surface area contributed by atoms with Gasteiger partial charge in [0.1, 0.15) is 24.3 Å². The van der Waals surface area contributed by atoms with E-state index < -0.39 is 35.7 Å². The number of hydrogen-bond donors (Lipinski definition) is 3. The van der Waals surface area contributed by atoms with E-state index >= 15 is 0 Å². The number of ether oxygens (including phenoxy) is 2. The highest BCUT2D eigenvalue weighted by Gasteiger charge is 2.37. The fourth-order valence-electron chi connectivity index (χ4n) is 3.49. The minimum absolute atomic E-state index is 0.0323. The lowest BCUT2D eigenvalue weighted by Crippen LogP contribution is -2.54. The summed E-state index contributed by atoms with van der Waals surface area (Å²) in [5.74, 6) is -1.63. The zero-order valence-corrected chi connectivity index (χ0v) is 23.4. The summed E-state index contributed by atoms with van der Waals surface area (Å²) in [6, 6.07) is 6.71. The number of alkyl carbamates (subject to hydrolysis) is 1. The molecule has 2 atom stereocenters. The van der Waals surface area contributed by atoms with Crippen LogP contribution in [0, 0.1) is 5.92 Å². The van der Waals surface area contributed by atoms with E-state index in [1.54, 1.807) is 31.2 Å². The van der Waals surface area contributed by atoms with Gasteiger partial charge in [-0.15, -0.1) is 0 Å². The summed E-state index contributed by atoms with van der Waals surface area (Å²) in [6.07, 6.45) is 1.57. The standard InChI is InChI=1S/C25H30Br2N2O7/c1-4-35-23(32)19(10-15(2)3)28-22(31)20(13-25(34)11-17(26)21(30)18(27)12-25)29-24(33)36-14-16-8-6-5-7-9-16/h5-9,11-12,15,19-20,34H,4,10,13-14H2,1-3H3,(H,28,31)(H,29,33)/t19-,20?/m0/s1. The monoisotopic (exact) mass is 628 g/mol. The van der Waals surface area contributed by atoms with Gasteiger partial charge >= 0.3 is 12.1 Å². The maximum absolute atomic E-state index is 13.3. The molecule has 0 spiro atoms. The Hall–Kier alpha value is -2.50. The summed E-state index contributed by atoms with van der Waals surface area (Å²) >= 11 is 6.22. The molecule has 9 nitrogen and oxygen atoms in total. The Morgan fingerprint density at radius 2 is 1.61 bits per heavy atom. The fourth-order valence-corrected chi connectivity index (χ4v) is 4.97. The second-order valence-corrected chi connectivity index (χ2v) is 10.4. The van der Waals surface area contributed by atoms with E-state index in [9.17, 15) is 24.3 Å². The molecule has 0 aromatic heterocycles. The summed E-state index contributed by atoms with van der Waals surface area (Å²) < 4.78 is 10.5. The Labute approximate surface area is 226 Å². The highest BCUT2D eigenvalue weighted by atomic mass is 79.9. The lowest BCUT2D eigenvalue weighted by Gasteiger charge is -2.30. The molecule has 36 heavy (non-hydrogen) atoms. The van der Waals surface area contributed by atoms with Crippen LogP contribution in [0.4, 0.5) is 4.79 Å². The van der Waals surface area contributed by atoms with Gasteiger partial charge in [0.05, 0.1) is 15.6 Å². The van der Waals surface area contributed by atoms with Crippen LogP contribution in [0.2, 0.25) is 0 Å². The van der Waals surface area contributed by atoms with Crippen molar-refractivity contribution in [1.82, 2.24) is 10.6 Å². The summed E-state index contributed by atoms with van der Waals surface area (Å²) in [6.45, 7) is 5.55. The number of esters is 1.